The van der Waals surface area contributed by atoms with Crippen LogP contribution in [0.1, 0.15) is 31.4 Å². The Morgan fingerprint density at radius 3 is 2.59 bits per heavy atom. The zero-order chi connectivity index (χ0) is 16.4. The molecule has 22 heavy (non-hydrogen) atoms. The molecule has 0 saturated heterocycles. The van der Waals surface area contributed by atoms with Gasteiger partial charge in [-0.3, -0.25) is 4.90 Å². The van der Waals surface area contributed by atoms with Crippen LogP contribution in [0, 0.1) is 6.92 Å². The molecule has 1 atom stereocenters. The predicted molar refractivity (Wildman–Crippen MR) is 90.0 cm³/mol. The molecule has 0 amide bonds. The largest absolute Gasteiger partial charge is 0.389 e. The van der Waals surface area contributed by atoms with Crippen molar-refractivity contribution in [1.29, 1.82) is 0 Å². The van der Waals surface area contributed by atoms with Gasteiger partial charge in [-0.1, -0.05) is 24.3 Å². The molecule has 0 bridgehead atoms. The highest BCUT2D eigenvalue weighted by Gasteiger charge is 2.14. The fourth-order valence-corrected chi connectivity index (χ4v) is 2.35. The highest BCUT2D eigenvalue weighted by Crippen LogP contribution is 2.11. The summed E-state index contributed by atoms with van der Waals surface area (Å²) in [5.74, 6) is 0. The van der Waals surface area contributed by atoms with Gasteiger partial charge in [-0.2, -0.15) is 0 Å². The van der Waals surface area contributed by atoms with Gasteiger partial charge >= 0.3 is 0 Å². The number of methoxy groups -OCH3 is 1. The van der Waals surface area contributed by atoms with E-state index in [1.54, 1.807) is 7.11 Å². The molecular weight excluding hydrogens is 278 g/mol. The fraction of sp³-hybridized carbons (Fsp3) is 0.667. The summed E-state index contributed by atoms with van der Waals surface area (Å²) in [6, 6.07) is 8.39. The van der Waals surface area contributed by atoms with E-state index < -0.39 is 6.10 Å². The molecule has 1 unspecified atom stereocenters. The second-order valence-electron chi connectivity index (χ2n) is 6.04. The summed E-state index contributed by atoms with van der Waals surface area (Å²) in [6.07, 6.45) is 0.641. The monoisotopic (exact) mass is 309 g/mol. The van der Waals surface area contributed by atoms with E-state index in [4.69, 9.17) is 9.47 Å². The number of nitrogens with zero attached hydrogens (tertiary/aromatic N) is 1. The SMILES string of the molecule is COCCCN(Cc1ccccc1C)CC(O)COC(C)C. The standard InChI is InChI=1S/C18H31NO3/c1-15(2)22-14-18(20)13-19(10-7-11-21-4)12-17-9-6-5-8-16(17)3/h5-6,8-9,15,18,20H,7,10-14H2,1-4H3. The van der Waals surface area contributed by atoms with Gasteiger partial charge in [0.05, 0.1) is 18.8 Å². The summed E-state index contributed by atoms with van der Waals surface area (Å²) < 4.78 is 10.6. The highest BCUT2D eigenvalue weighted by atomic mass is 16.5. The normalized spacial score (nSPS) is 13.0. The van der Waals surface area contributed by atoms with Gasteiger partial charge in [0.15, 0.2) is 0 Å². The molecule has 0 aliphatic carbocycles. The molecular formula is C18H31NO3. The number of aliphatic hydroxyl groups excluding tert-OH is 1. The topological polar surface area (TPSA) is 41.9 Å². The zero-order valence-corrected chi connectivity index (χ0v) is 14.4. The summed E-state index contributed by atoms with van der Waals surface area (Å²) in [5.41, 5.74) is 2.59. The first-order valence-electron chi connectivity index (χ1n) is 8.08. The van der Waals surface area contributed by atoms with Crippen LogP contribution in [0.2, 0.25) is 0 Å². The van der Waals surface area contributed by atoms with Crippen LogP contribution in [-0.4, -0.2) is 55.6 Å². The van der Waals surface area contributed by atoms with E-state index >= 15 is 0 Å². The molecule has 0 fully saturated rings. The molecule has 0 heterocycles. The molecule has 0 spiro atoms. The molecule has 0 aromatic heterocycles. The lowest BCUT2D eigenvalue weighted by molar-refractivity contribution is -0.0103. The Hall–Kier alpha value is -0.940. The highest BCUT2D eigenvalue weighted by molar-refractivity contribution is 5.25. The van der Waals surface area contributed by atoms with Crippen molar-refractivity contribution in [2.24, 2.45) is 0 Å². The number of hydrogen-bond acceptors (Lipinski definition) is 4. The average molecular weight is 309 g/mol. The van der Waals surface area contributed by atoms with E-state index in [1.165, 1.54) is 11.1 Å². The Labute approximate surface area is 135 Å². The molecule has 0 aliphatic heterocycles. The van der Waals surface area contributed by atoms with Gasteiger partial charge < -0.3 is 14.6 Å². The number of hydrogen-bond donors (Lipinski definition) is 1. The van der Waals surface area contributed by atoms with Gasteiger partial charge in [0.1, 0.15) is 0 Å². The second-order valence-corrected chi connectivity index (χ2v) is 6.04. The van der Waals surface area contributed by atoms with Gasteiger partial charge in [-0.25, -0.2) is 0 Å². The number of aryl methyl sites for hydroxylation is 1. The number of benzene rings is 1. The Morgan fingerprint density at radius 2 is 1.95 bits per heavy atom. The first kappa shape index (κ1) is 19.1. The Morgan fingerprint density at radius 1 is 1.23 bits per heavy atom. The smallest absolute Gasteiger partial charge is 0.0900 e. The van der Waals surface area contributed by atoms with E-state index in [0.29, 0.717) is 13.2 Å². The van der Waals surface area contributed by atoms with E-state index in [-0.39, 0.29) is 6.10 Å². The van der Waals surface area contributed by atoms with Crippen molar-refractivity contribution < 1.29 is 14.6 Å². The van der Waals surface area contributed by atoms with Crippen molar-refractivity contribution in [3.8, 4) is 0 Å². The Balaban J connectivity index is 2.57. The zero-order valence-electron chi connectivity index (χ0n) is 14.4. The van der Waals surface area contributed by atoms with Crippen LogP contribution >= 0.6 is 0 Å². The van der Waals surface area contributed by atoms with Crippen molar-refractivity contribution in [3.05, 3.63) is 35.4 Å². The summed E-state index contributed by atoms with van der Waals surface area (Å²) >= 11 is 0. The maximum Gasteiger partial charge on any atom is 0.0900 e. The molecule has 0 radical (unpaired) electrons. The maximum atomic E-state index is 10.2. The first-order valence-corrected chi connectivity index (χ1v) is 8.08. The first-order chi connectivity index (χ1) is 10.5. The van der Waals surface area contributed by atoms with Gasteiger partial charge in [0, 0.05) is 33.4 Å². The number of ether oxygens (including phenoxy) is 2. The molecule has 4 nitrogen and oxygen atoms in total. The molecule has 0 aliphatic rings. The van der Waals surface area contributed by atoms with Crippen LogP contribution < -0.4 is 0 Å². The minimum Gasteiger partial charge on any atom is -0.389 e. The molecule has 0 saturated carbocycles. The Kier molecular flexibility index (Phi) is 9.32. The minimum absolute atomic E-state index is 0.146. The van der Waals surface area contributed by atoms with Gasteiger partial charge in [0.2, 0.25) is 0 Å². The number of aliphatic hydroxyl groups is 1. The molecule has 4 heteroatoms. The van der Waals surface area contributed by atoms with Crippen LogP contribution in [-0.2, 0) is 16.0 Å². The molecule has 1 N–H and O–H groups in total. The van der Waals surface area contributed by atoms with Crippen molar-refractivity contribution in [1.82, 2.24) is 4.90 Å². The van der Waals surface area contributed by atoms with Crippen LogP contribution in [0.15, 0.2) is 24.3 Å². The van der Waals surface area contributed by atoms with Gasteiger partial charge in [-0.05, 0) is 38.3 Å². The summed E-state index contributed by atoms with van der Waals surface area (Å²) in [5, 5.41) is 10.2. The third-order valence-corrected chi connectivity index (χ3v) is 3.57. The fourth-order valence-electron chi connectivity index (χ4n) is 2.35. The molecule has 126 valence electrons. The van der Waals surface area contributed by atoms with Crippen molar-refractivity contribution >= 4 is 0 Å². The van der Waals surface area contributed by atoms with Crippen LogP contribution in [0.3, 0.4) is 0 Å². The lowest BCUT2D eigenvalue weighted by Gasteiger charge is -2.26. The van der Waals surface area contributed by atoms with Crippen LogP contribution in [0.4, 0.5) is 0 Å². The molecule has 1 rings (SSSR count). The third kappa shape index (κ3) is 7.90. The maximum absolute atomic E-state index is 10.2. The lowest BCUT2D eigenvalue weighted by atomic mass is 10.1. The lowest BCUT2D eigenvalue weighted by Crippen LogP contribution is -2.36. The van der Waals surface area contributed by atoms with Gasteiger partial charge in [-0.15, -0.1) is 0 Å². The third-order valence-electron chi connectivity index (χ3n) is 3.57. The van der Waals surface area contributed by atoms with E-state index in [1.807, 2.05) is 13.8 Å². The van der Waals surface area contributed by atoms with Crippen molar-refractivity contribution in [3.63, 3.8) is 0 Å². The summed E-state index contributed by atoms with van der Waals surface area (Å²) in [6.45, 7) is 9.57. The van der Waals surface area contributed by atoms with E-state index in [0.717, 1.165) is 26.1 Å². The average Bonchev–Trinajstić information content (AvgIpc) is 2.47. The second kappa shape index (κ2) is 10.7. The van der Waals surface area contributed by atoms with E-state index in [9.17, 15) is 5.11 Å². The summed E-state index contributed by atoms with van der Waals surface area (Å²) in [4.78, 5) is 2.27. The minimum atomic E-state index is -0.464. The molecule has 1 aromatic rings. The summed E-state index contributed by atoms with van der Waals surface area (Å²) in [7, 11) is 1.72. The van der Waals surface area contributed by atoms with Crippen molar-refractivity contribution in [2.45, 2.75) is 45.9 Å². The number of rotatable bonds is 11. The quantitative estimate of drug-likeness (QED) is 0.638. The molecule has 1 aromatic carbocycles. The van der Waals surface area contributed by atoms with E-state index in [2.05, 4.69) is 36.1 Å². The van der Waals surface area contributed by atoms with Crippen LogP contribution in [0.25, 0.3) is 0 Å². The predicted octanol–water partition coefficient (Wildman–Crippen LogP) is 2.62. The van der Waals surface area contributed by atoms with Crippen molar-refractivity contribution in [2.75, 3.05) is 33.4 Å². The Bertz CT molecular complexity index is 409. The van der Waals surface area contributed by atoms with Crippen LogP contribution in [0.5, 0.6) is 0 Å². The van der Waals surface area contributed by atoms with Gasteiger partial charge in [0.25, 0.3) is 0 Å².